The second kappa shape index (κ2) is 11.9. The average molecular weight is 471 g/mol. The molecular formula is C23H30Cl3N3O. The first-order valence-electron chi connectivity index (χ1n) is 10.2. The summed E-state index contributed by atoms with van der Waals surface area (Å²) in [5, 5.41) is 4.20. The van der Waals surface area contributed by atoms with Gasteiger partial charge in [-0.2, -0.15) is 0 Å². The van der Waals surface area contributed by atoms with Gasteiger partial charge in [-0.1, -0.05) is 35.9 Å². The molecule has 0 bridgehead atoms. The monoisotopic (exact) mass is 469 g/mol. The number of hydrogen-bond acceptors (Lipinski definition) is 3. The number of nitrogens with zero attached hydrogens (tertiary/aromatic N) is 2. The van der Waals surface area contributed by atoms with Crippen molar-refractivity contribution < 1.29 is 4.79 Å². The maximum Gasteiger partial charge on any atom is 0.253 e. The number of hydrogen-bond donors (Lipinski definition) is 1. The highest BCUT2D eigenvalue weighted by molar-refractivity contribution is 6.30. The van der Waals surface area contributed by atoms with Gasteiger partial charge in [-0.15, -0.1) is 24.8 Å². The Morgan fingerprint density at radius 3 is 2.43 bits per heavy atom. The third-order valence-corrected chi connectivity index (χ3v) is 6.05. The fourth-order valence-electron chi connectivity index (χ4n) is 4.24. The van der Waals surface area contributed by atoms with Crippen molar-refractivity contribution >= 4 is 42.3 Å². The summed E-state index contributed by atoms with van der Waals surface area (Å²) in [6, 6.07) is 16.2. The Labute approximate surface area is 196 Å². The lowest BCUT2D eigenvalue weighted by molar-refractivity contribution is 0.0628. The van der Waals surface area contributed by atoms with Gasteiger partial charge in [0.2, 0.25) is 0 Å². The summed E-state index contributed by atoms with van der Waals surface area (Å²) in [6.45, 7) is 6.42. The van der Waals surface area contributed by atoms with Crippen LogP contribution in [0.15, 0.2) is 48.5 Å². The van der Waals surface area contributed by atoms with Gasteiger partial charge in [0.05, 0.1) is 0 Å². The number of carbonyl (C=O) groups is 1. The molecule has 2 fully saturated rings. The van der Waals surface area contributed by atoms with Gasteiger partial charge in [-0.3, -0.25) is 9.69 Å². The molecular weight excluding hydrogens is 441 g/mol. The highest BCUT2D eigenvalue weighted by Crippen LogP contribution is 2.18. The summed E-state index contributed by atoms with van der Waals surface area (Å²) in [6.07, 6.45) is 2.29. The van der Waals surface area contributed by atoms with Gasteiger partial charge in [-0.05, 0) is 67.2 Å². The van der Waals surface area contributed by atoms with Crippen molar-refractivity contribution in [3.8, 4) is 0 Å². The van der Waals surface area contributed by atoms with Gasteiger partial charge in [0.25, 0.3) is 5.91 Å². The van der Waals surface area contributed by atoms with E-state index in [9.17, 15) is 4.79 Å². The molecule has 30 heavy (non-hydrogen) atoms. The molecule has 1 N–H and O–H groups in total. The molecule has 1 unspecified atom stereocenters. The molecule has 2 saturated heterocycles. The molecule has 4 rings (SSSR count). The summed E-state index contributed by atoms with van der Waals surface area (Å²) in [5.41, 5.74) is 3.33. The van der Waals surface area contributed by atoms with Gasteiger partial charge in [0, 0.05) is 43.3 Å². The Hall–Kier alpha value is -1.30. The second-order valence-corrected chi connectivity index (χ2v) is 8.40. The maximum absolute atomic E-state index is 13.0. The lowest BCUT2D eigenvalue weighted by atomic mass is 9.97. The minimum atomic E-state index is 0. The minimum absolute atomic E-state index is 0. The summed E-state index contributed by atoms with van der Waals surface area (Å²) in [7, 11) is 0. The van der Waals surface area contributed by atoms with Crippen LogP contribution in [0.5, 0.6) is 0 Å². The summed E-state index contributed by atoms with van der Waals surface area (Å²) in [4.78, 5) is 17.4. The zero-order chi connectivity index (χ0) is 19.3. The van der Waals surface area contributed by atoms with E-state index >= 15 is 0 Å². The normalized spacial score (nSPS) is 19.1. The number of carbonyl (C=O) groups excluding carboxylic acids is 1. The van der Waals surface area contributed by atoms with Crippen molar-refractivity contribution in [1.29, 1.82) is 0 Å². The molecule has 4 nitrogen and oxygen atoms in total. The third-order valence-electron chi connectivity index (χ3n) is 5.82. The first kappa shape index (κ1) is 25.0. The summed E-state index contributed by atoms with van der Waals surface area (Å²) in [5.74, 6) is 0.856. The van der Waals surface area contributed by atoms with E-state index in [1.807, 2.05) is 35.2 Å². The lowest BCUT2D eigenvalue weighted by Gasteiger charge is -2.35. The van der Waals surface area contributed by atoms with Crippen LogP contribution in [0.3, 0.4) is 0 Å². The molecule has 0 aromatic heterocycles. The summed E-state index contributed by atoms with van der Waals surface area (Å²) < 4.78 is 0. The zero-order valence-electron chi connectivity index (χ0n) is 17.1. The predicted octanol–water partition coefficient (Wildman–Crippen LogP) is 4.29. The highest BCUT2D eigenvalue weighted by atomic mass is 35.5. The molecule has 7 heteroatoms. The van der Waals surface area contributed by atoms with Crippen LogP contribution in [-0.2, 0) is 13.0 Å². The molecule has 2 aliphatic heterocycles. The number of nitrogens with one attached hydrogen (secondary N) is 1. The minimum Gasteiger partial charge on any atom is -0.336 e. The quantitative estimate of drug-likeness (QED) is 0.708. The van der Waals surface area contributed by atoms with E-state index in [2.05, 4.69) is 28.4 Å². The Balaban J connectivity index is 0.00000160. The SMILES string of the molecule is Cl.Cl.O=C(c1cccc(CC2CCNC2)c1)N1CCN(Cc2cccc(Cl)c2)CC1. The largest absolute Gasteiger partial charge is 0.336 e. The molecule has 0 saturated carbocycles. The van der Waals surface area contributed by atoms with Crippen molar-refractivity contribution in [1.82, 2.24) is 15.1 Å². The molecule has 2 aromatic rings. The van der Waals surface area contributed by atoms with E-state index in [4.69, 9.17) is 11.6 Å². The lowest BCUT2D eigenvalue weighted by Crippen LogP contribution is -2.48. The van der Waals surface area contributed by atoms with Crippen molar-refractivity contribution in [3.63, 3.8) is 0 Å². The molecule has 0 aliphatic carbocycles. The predicted molar refractivity (Wildman–Crippen MR) is 128 cm³/mol. The van der Waals surface area contributed by atoms with Crippen LogP contribution in [0.2, 0.25) is 5.02 Å². The van der Waals surface area contributed by atoms with E-state index in [0.29, 0.717) is 5.92 Å². The molecule has 0 spiro atoms. The van der Waals surface area contributed by atoms with Crippen LogP contribution >= 0.6 is 36.4 Å². The van der Waals surface area contributed by atoms with Gasteiger partial charge < -0.3 is 10.2 Å². The van der Waals surface area contributed by atoms with Crippen LogP contribution in [0.25, 0.3) is 0 Å². The van der Waals surface area contributed by atoms with Crippen LogP contribution < -0.4 is 5.32 Å². The smallest absolute Gasteiger partial charge is 0.253 e. The molecule has 1 atom stereocenters. The van der Waals surface area contributed by atoms with E-state index < -0.39 is 0 Å². The first-order valence-corrected chi connectivity index (χ1v) is 10.6. The fourth-order valence-corrected chi connectivity index (χ4v) is 4.45. The second-order valence-electron chi connectivity index (χ2n) is 7.96. The summed E-state index contributed by atoms with van der Waals surface area (Å²) >= 11 is 6.09. The number of rotatable bonds is 5. The topological polar surface area (TPSA) is 35.6 Å². The number of amides is 1. The van der Waals surface area contributed by atoms with Crippen LogP contribution in [0, 0.1) is 5.92 Å². The fraction of sp³-hybridized carbons (Fsp3) is 0.435. The molecule has 1 amide bonds. The van der Waals surface area contributed by atoms with Crippen molar-refractivity contribution in [2.24, 2.45) is 5.92 Å². The molecule has 2 aliphatic rings. The average Bonchev–Trinajstić information content (AvgIpc) is 3.21. The van der Waals surface area contributed by atoms with E-state index in [0.717, 1.165) is 62.8 Å². The van der Waals surface area contributed by atoms with Gasteiger partial charge in [0.15, 0.2) is 0 Å². The van der Waals surface area contributed by atoms with Crippen LogP contribution in [0.1, 0.15) is 27.9 Å². The molecule has 0 radical (unpaired) electrons. The molecule has 164 valence electrons. The van der Waals surface area contributed by atoms with Crippen molar-refractivity contribution in [2.75, 3.05) is 39.3 Å². The molecule has 2 aromatic carbocycles. The molecule has 2 heterocycles. The number of halogens is 3. The third kappa shape index (κ3) is 6.60. The van der Waals surface area contributed by atoms with Crippen LogP contribution in [0.4, 0.5) is 0 Å². The maximum atomic E-state index is 13.0. The van der Waals surface area contributed by atoms with Gasteiger partial charge in [-0.25, -0.2) is 0 Å². The Morgan fingerprint density at radius 2 is 1.73 bits per heavy atom. The Kier molecular flexibility index (Phi) is 9.92. The van der Waals surface area contributed by atoms with E-state index in [1.165, 1.54) is 17.5 Å². The van der Waals surface area contributed by atoms with E-state index in [-0.39, 0.29) is 30.7 Å². The van der Waals surface area contributed by atoms with Crippen molar-refractivity contribution in [2.45, 2.75) is 19.4 Å². The van der Waals surface area contributed by atoms with E-state index in [1.54, 1.807) is 0 Å². The first-order chi connectivity index (χ1) is 13.7. The Morgan fingerprint density at radius 1 is 1.00 bits per heavy atom. The standard InChI is InChI=1S/C23H28ClN3O.2ClH/c24-22-6-2-4-20(15-22)17-26-9-11-27(12-10-26)23(28)21-5-1-3-18(14-21)13-19-7-8-25-16-19;;/h1-6,14-15,19,25H,7-13,16-17H2;2*1H. The van der Waals surface area contributed by atoms with Crippen LogP contribution in [-0.4, -0.2) is 55.0 Å². The van der Waals surface area contributed by atoms with Gasteiger partial charge >= 0.3 is 0 Å². The number of piperazine rings is 1. The van der Waals surface area contributed by atoms with Crippen molar-refractivity contribution in [3.05, 3.63) is 70.2 Å². The Bertz CT molecular complexity index is 819. The zero-order valence-corrected chi connectivity index (χ0v) is 19.4. The van der Waals surface area contributed by atoms with Gasteiger partial charge in [0.1, 0.15) is 0 Å². The highest BCUT2D eigenvalue weighted by Gasteiger charge is 2.23. The number of benzene rings is 2.